The molecule has 1 heterocycles. The van der Waals surface area contributed by atoms with Crippen molar-refractivity contribution in [2.75, 3.05) is 26.8 Å². The Morgan fingerprint density at radius 2 is 1.89 bits per heavy atom. The molecule has 0 radical (unpaired) electrons. The molecule has 4 heteroatoms. The van der Waals surface area contributed by atoms with E-state index in [4.69, 9.17) is 10.5 Å². The quantitative estimate of drug-likeness (QED) is 0.927. The number of likely N-dealkylation sites (N-methyl/N-ethyl adjacent to an activating group) is 1. The van der Waals surface area contributed by atoms with E-state index in [1.807, 2.05) is 0 Å². The lowest BCUT2D eigenvalue weighted by molar-refractivity contribution is 0.0402. The van der Waals surface area contributed by atoms with Crippen LogP contribution in [0.1, 0.15) is 18.4 Å². The second-order valence-corrected chi connectivity index (χ2v) is 6.19. The molecule has 0 aromatic heterocycles. The Labute approximate surface area is 117 Å². The van der Waals surface area contributed by atoms with Gasteiger partial charge in [-0.05, 0) is 37.6 Å². The van der Waals surface area contributed by atoms with E-state index < -0.39 is 0 Å². The summed E-state index contributed by atoms with van der Waals surface area (Å²) >= 11 is 3.45. The van der Waals surface area contributed by atoms with Gasteiger partial charge >= 0.3 is 0 Å². The number of ether oxygens (including phenoxy) is 1. The first kappa shape index (κ1) is 14.0. The van der Waals surface area contributed by atoms with Gasteiger partial charge in [0.05, 0.1) is 0 Å². The molecule has 0 spiro atoms. The lowest BCUT2D eigenvalue weighted by Gasteiger charge is -2.36. The van der Waals surface area contributed by atoms with E-state index in [2.05, 4.69) is 52.1 Å². The van der Waals surface area contributed by atoms with Gasteiger partial charge in [-0.25, -0.2) is 0 Å². The summed E-state index contributed by atoms with van der Waals surface area (Å²) in [6.45, 7) is 3.45. The van der Waals surface area contributed by atoms with E-state index in [-0.39, 0.29) is 5.54 Å². The third kappa shape index (κ3) is 4.05. The van der Waals surface area contributed by atoms with Gasteiger partial charge in [0.25, 0.3) is 0 Å². The fraction of sp³-hybridized carbons (Fsp3) is 0.571. The Kier molecular flexibility index (Phi) is 4.78. The number of rotatable bonds is 4. The van der Waals surface area contributed by atoms with Crippen LogP contribution >= 0.6 is 15.9 Å². The smallest absolute Gasteiger partial charge is 0.0484 e. The van der Waals surface area contributed by atoms with Crippen molar-refractivity contribution in [1.29, 1.82) is 0 Å². The Balaban J connectivity index is 1.87. The van der Waals surface area contributed by atoms with Gasteiger partial charge in [-0.1, -0.05) is 28.1 Å². The maximum absolute atomic E-state index is 6.41. The van der Waals surface area contributed by atoms with E-state index in [0.717, 1.165) is 43.6 Å². The third-order valence-corrected chi connectivity index (χ3v) is 3.97. The zero-order chi connectivity index (χ0) is 13.0. The molecule has 2 rings (SSSR count). The van der Waals surface area contributed by atoms with Crippen LogP contribution in [-0.2, 0) is 11.3 Å². The summed E-state index contributed by atoms with van der Waals surface area (Å²) in [4.78, 5) is 2.30. The SMILES string of the molecule is CN(Cc1ccc(Br)cc1)CC1(N)CCOCC1. The minimum Gasteiger partial charge on any atom is -0.381 e. The van der Waals surface area contributed by atoms with Crippen LogP contribution in [0, 0.1) is 0 Å². The molecule has 18 heavy (non-hydrogen) atoms. The summed E-state index contributed by atoms with van der Waals surface area (Å²) in [5.41, 5.74) is 7.64. The minimum absolute atomic E-state index is 0.0810. The molecule has 0 amide bonds. The van der Waals surface area contributed by atoms with Crippen molar-refractivity contribution in [2.45, 2.75) is 24.9 Å². The normalized spacial score (nSPS) is 19.1. The standard InChI is InChI=1S/C14H21BrN2O/c1-17(10-12-2-4-13(15)5-3-12)11-14(16)6-8-18-9-7-14/h2-5H,6-11,16H2,1H3. The zero-order valence-electron chi connectivity index (χ0n) is 10.9. The third-order valence-electron chi connectivity index (χ3n) is 3.44. The molecule has 0 saturated carbocycles. The highest BCUT2D eigenvalue weighted by Gasteiger charge is 2.29. The predicted octanol–water partition coefficient (Wildman–Crippen LogP) is 2.39. The lowest BCUT2D eigenvalue weighted by atomic mass is 9.91. The van der Waals surface area contributed by atoms with Crippen LogP contribution in [0.15, 0.2) is 28.7 Å². The van der Waals surface area contributed by atoms with Crippen LogP contribution in [0.25, 0.3) is 0 Å². The Bertz CT molecular complexity index is 374. The first-order chi connectivity index (χ1) is 8.57. The lowest BCUT2D eigenvalue weighted by Crippen LogP contribution is -2.52. The molecule has 1 saturated heterocycles. The first-order valence-corrected chi connectivity index (χ1v) is 7.16. The predicted molar refractivity (Wildman–Crippen MR) is 77.4 cm³/mol. The molecule has 1 aliphatic rings. The highest BCUT2D eigenvalue weighted by atomic mass is 79.9. The Hall–Kier alpha value is -0.420. The minimum atomic E-state index is -0.0810. The molecule has 0 unspecified atom stereocenters. The van der Waals surface area contributed by atoms with E-state index >= 15 is 0 Å². The summed E-state index contributed by atoms with van der Waals surface area (Å²) in [5.74, 6) is 0. The van der Waals surface area contributed by atoms with Crippen LogP contribution in [-0.4, -0.2) is 37.2 Å². The van der Waals surface area contributed by atoms with Crippen LogP contribution in [0.5, 0.6) is 0 Å². The second-order valence-electron chi connectivity index (χ2n) is 5.27. The van der Waals surface area contributed by atoms with Crippen molar-refractivity contribution in [3.63, 3.8) is 0 Å². The molecule has 0 atom stereocenters. The van der Waals surface area contributed by atoms with Gasteiger partial charge < -0.3 is 15.4 Å². The van der Waals surface area contributed by atoms with Crippen LogP contribution in [0.3, 0.4) is 0 Å². The molecular formula is C14H21BrN2O. The number of benzene rings is 1. The van der Waals surface area contributed by atoms with Crippen molar-refractivity contribution in [1.82, 2.24) is 4.90 Å². The average Bonchev–Trinajstić information content (AvgIpc) is 2.32. The second kappa shape index (κ2) is 6.15. The highest BCUT2D eigenvalue weighted by molar-refractivity contribution is 9.10. The molecule has 1 fully saturated rings. The molecule has 1 aliphatic heterocycles. The van der Waals surface area contributed by atoms with Gasteiger partial charge in [-0.15, -0.1) is 0 Å². The largest absolute Gasteiger partial charge is 0.381 e. The van der Waals surface area contributed by atoms with E-state index in [9.17, 15) is 0 Å². The monoisotopic (exact) mass is 312 g/mol. The van der Waals surface area contributed by atoms with Crippen molar-refractivity contribution in [3.05, 3.63) is 34.3 Å². The fourth-order valence-electron chi connectivity index (χ4n) is 2.43. The zero-order valence-corrected chi connectivity index (χ0v) is 12.4. The number of halogens is 1. The number of nitrogens with zero attached hydrogens (tertiary/aromatic N) is 1. The van der Waals surface area contributed by atoms with Gasteiger partial charge in [-0.2, -0.15) is 0 Å². The summed E-state index contributed by atoms with van der Waals surface area (Å²) < 4.78 is 6.49. The topological polar surface area (TPSA) is 38.5 Å². The number of hydrogen-bond acceptors (Lipinski definition) is 3. The number of hydrogen-bond donors (Lipinski definition) is 1. The summed E-state index contributed by atoms with van der Waals surface area (Å²) in [6, 6.07) is 8.45. The van der Waals surface area contributed by atoms with E-state index in [1.165, 1.54) is 5.56 Å². The van der Waals surface area contributed by atoms with Gasteiger partial charge in [0.2, 0.25) is 0 Å². The van der Waals surface area contributed by atoms with Gasteiger partial charge in [0.1, 0.15) is 0 Å². The molecule has 0 aliphatic carbocycles. The van der Waals surface area contributed by atoms with Crippen molar-refractivity contribution in [3.8, 4) is 0 Å². The fourth-order valence-corrected chi connectivity index (χ4v) is 2.70. The molecular weight excluding hydrogens is 292 g/mol. The average molecular weight is 313 g/mol. The van der Waals surface area contributed by atoms with Crippen molar-refractivity contribution < 1.29 is 4.74 Å². The van der Waals surface area contributed by atoms with E-state index in [1.54, 1.807) is 0 Å². The van der Waals surface area contributed by atoms with Crippen molar-refractivity contribution in [2.24, 2.45) is 5.73 Å². The Morgan fingerprint density at radius 1 is 1.28 bits per heavy atom. The summed E-state index contributed by atoms with van der Waals surface area (Å²) in [5, 5.41) is 0. The van der Waals surface area contributed by atoms with Gasteiger partial charge in [0.15, 0.2) is 0 Å². The molecule has 1 aromatic rings. The van der Waals surface area contributed by atoms with Gasteiger partial charge in [-0.3, -0.25) is 0 Å². The molecule has 1 aromatic carbocycles. The number of nitrogens with two attached hydrogens (primary N) is 1. The molecule has 2 N–H and O–H groups in total. The summed E-state index contributed by atoms with van der Waals surface area (Å²) in [7, 11) is 2.13. The highest BCUT2D eigenvalue weighted by Crippen LogP contribution is 2.19. The van der Waals surface area contributed by atoms with Crippen molar-refractivity contribution >= 4 is 15.9 Å². The molecule has 0 bridgehead atoms. The first-order valence-electron chi connectivity index (χ1n) is 6.37. The molecule has 100 valence electrons. The van der Waals surface area contributed by atoms with Crippen LogP contribution < -0.4 is 5.73 Å². The maximum Gasteiger partial charge on any atom is 0.0484 e. The molecule has 3 nitrogen and oxygen atoms in total. The van der Waals surface area contributed by atoms with Gasteiger partial charge in [0, 0.05) is 36.3 Å². The van der Waals surface area contributed by atoms with Crippen LogP contribution in [0.2, 0.25) is 0 Å². The Morgan fingerprint density at radius 3 is 2.50 bits per heavy atom. The maximum atomic E-state index is 6.41. The summed E-state index contributed by atoms with van der Waals surface area (Å²) in [6.07, 6.45) is 1.91. The van der Waals surface area contributed by atoms with Crippen LogP contribution in [0.4, 0.5) is 0 Å². The van der Waals surface area contributed by atoms with E-state index in [0.29, 0.717) is 0 Å².